The molecule has 148 valence electrons. The number of esters is 1. The number of amides is 1. The van der Waals surface area contributed by atoms with Crippen molar-refractivity contribution < 1.29 is 18.7 Å². The molecule has 0 spiro atoms. The molecule has 7 nitrogen and oxygen atoms in total. The third-order valence-electron chi connectivity index (χ3n) is 4.53. The molecule has 3 rings (SSSR count). The van der Waals surface area contributed by atoms with Crippen LogP contribution in [0, 0.1) is 18.3 Å². The number of carbonyl (C=O) groups excluding carboxylic acids is 2. The van der Waals surface area contributed by atoms with E-state index in [1.165, 1.54) is 0 Å². The lowest BCUT2D eigenvalue weighted by Gasteiger charge is -2.13. The van der Waals surface area contributed by atoms with Gasteiger partial charge in [0, 0.05) is 18.9 Å². The Balaban J connectivity index is 1.60. The van der Waals surface area contributed by atoms with Crippen LogP contribution in [0.4, 0.5) is 0 Å². The number of nitriles is 1. The van der Waals surface area contributed by atoms with Gasteiger partial charge in [-0.15, -0.1) is 0 Å². The van der Waals surface area contributed by atoms with E-state index in [0.29, 0.717) is 6.54 Å². The lowest BCUT2D eigenvalue weighted by atomic mass is 10.0. The van der Waals surface area contributed by atoms with Crippen LogP contribution in [0.25, 0.3) is 5.88 Å². The summed E-state index contributed by atoms with van der Waals surface area (Å²) in [6, 6.07) is 15.3. The highest BCUT2D eigenvalue weighted by atomic mass is 16.5. The van der Waals surface area contributed by atoms with Crippen LogP contribution in [0.5, 0.6) is 0 Å². The van der Waals surface area contributed by atoms with E-state index in [4.69, 9.17) is 9.15 Å². The maximum Gasteiger partial charge on any atom is 0.343 e. The Bertz CT molecular complexity index is 1030. The predicted molar refractivity (Wildman–Crippen MR) is 106 cm³/mol. The summed E-state index contributed by atoms with van der Waals surface area (Å²) in [6.45, 7) is 3.56. The van der Waals surface area contributed by atoms with Crippen molar-refractivity contribution in [1.29, 1.82) is 5.26 Å². The Morgan fingerprint density at radius 2 is 1.90 bits per heavy atom. The average molecular weight is 391 g/mol. The van der Waals surface area contributed by atoms with Gasteiger partial charge >= 0.3 is 5.97 Å². The molecule has 7 heteroatoms. The van der Waals surface area contributed by atoms with Crippen LogP contribution < -0.4 is 5.32 Å². The van der Waals surface area contributed by atoms with E-state index in [9.17, 15) is 14.9 Å². The summed E-state index contributed by atoms with van der Waals surface area (Å²) in [5.41, 5.74) is 1.21. The predicted octanol–water partition coefficient (Wildman–Crippen LogP) is 3.33. The fraction of sp³-hybridized carbons (Fsp3) is 0.227. The molecular weight excluding hydrogens is 370 g/mol. The number of ether oxygens (including phenoxy) is 1. The number of benzene rings is 1. The van der Waals surface area contributed by atoms with Gasteiger partial charge in [0.05, 0.1) is 0 Å². The van der Waals surface area contributed by atoms with E-state index in [0.717, 1.165) is 5.56 Å². The minimum Gasteiger partial charge on any atom is -0.452 e. The molecule has 0 radical (unpaired) electrons. The highest BCUT2D eigenvalue weighted by Crippen LogP contribution is 2.26. The van der Waals surface area contributed by atoms with Crippen molar-refractivity contribution in [3.05, 3.63) is 77.3 Å². The fourth-order valence-electron chi connectivity index (χ4n) is 2.95. The molecule has 1 atom stereocenters. The van der Waals surface area contributed by atoms with Gasteiger partial charge in [0.15, 0.2) is 6.61 Å². The summed E-state index contributed by atoms with van der Waals surface area (Å²) in [5.74, 6) is -0.559. The molecule has 0 unspecified atom stereocenters. The minimum atomic E-state index is -0.771. The van der Waals surface area contributed by atoms with Crippen LogP contribution in [-0.4, -0.2) is 29.6 Å². The molecule has 0 aliphatic rings. The monoisotopic (exact) mass is 391 g/mol. The van der Waals surface area contributed by atoms with E-state index in [1.54, 1.807) is 36.0 Å². The molecule has 0 aliphatic carbocycles. The number of rotatable bonds is 7. The zero-order chi connectivity index (χ0) is 20.8. The summed E-state index contributed by atoms with van der Waals surface area (Å²) < 4.78 is 12.3. The van der Waals surface area contributed by atoms with E-state index in [2.05, 4.69) is 5.32 Å². The van der Waals surface area contributed by atoms with Gasteiger partial charge in [-0.3, -0.25) is 9.36 Å². The Hall–Kier alpha value is -3.79. The van der Waals surface area contributed by atoms with Gasteiger partial charge in [-0.25, -0.2) is 4.79 Å². The largest absolute Gasteiger partial charge is 0.452 e. The van der Waals surface area contributed by atoms with Gasteiger partial charge in [-0.2, -0.15) is 5.26 Å². The number of hydrogen-bond donors (Lipinski definition) is 1. The van der Waals surface area contributed by atoms with Gasteiger partial charge in [0.1, 0.15) is 23.0 Å². The highest BCUT2D eigenvalue weighted by Gasteiger charge is 2.26. The van der Waals surface area contributed by atoms with Crippen LogP contribution in [0.15, 0.2) is 59.3 Å². The summed E-state index contributed by atoms with van der Waals surface area (Å²) in [4.78, 5) is 24.5. The van der Waals surface area contributed by atoms with Crippen LogP contribution in [0.3, 0.4) is 0 Å². The average Bonchev–Trinajstić information content (AvgIpc) is 3.38. The van der Waals surface area contributed by atoms with Gasteiger partial charge in [-0.1, -0.05) is 37.3 Å². The van der Waals surface area contributed by atoms with Crippen LogP contribution in [0.1, 0.15) is 40.1 Å². The minimum absolute atomic E-state index is 0.0293. The van der Waals surface area contributed by atoms with Gasteiger partial charge in [0.25, 0.3) is 5.91 Å². The zero-order valence-electron chi connectivity index (χ0n) is 16.2. The zero-order valence-corrected chi connectivity index (χ0v) is 16.2. The molecule has 0 fully saturated rings. The first-order valence-corrected chi connectivity index (χ1v) is 9.16. The van der Waals surface area contributed by atoms with E-state index < -0.39 is 18.5 Å². The van der Waals surface area contributed by atoms with Crippen LogP contribution >= 0.6 is 0 Å². The number of aromatic nitrogens is 1. The second kappa shape index (κ2) is 8.93. The van der Waals surface area contributed by atoms with Gasteiger partial charge in [-0.05, 0) is 30.5 Å². The molecule has 1 aromatic carbocycles. The molecule has 29 heavy (non-hydrogen) atoms. The SMILES string of the molecule is Cc1oc(-n2cccc2)c(C#N)c1C(=O)OCC(=O)NC[C@@H](C)c1ccccc1. The third kappa shape index (κ3) is 4.55. The number of furan rings is 1. The number of aryl methyl sites for hydroxylation is 1. The van der Waals surface area contributed by atoms with Crippen molar-refractivity contribution in [2.75, 3.05) is 13.2 Å². The molecule has 0 bridgehead atoms. The smallest absolute Gasteiger partial charge is 0.343 e. The van der Waals surface area contributed by atoms with Crippen molar-refractivity contribution in [2.45, 2.75) is 19.8 Å². The highest BCUT2D eigenvalue weighted by molar-refractivity contribution is 5.95. The molecule has 2 aromatic heterocycles. The lowest BCUT2D eigenvalue weighted by molar-refractivity contribution is -0.124. The summed E-state index contributed by atoms with van der Waals surface area (Å²) in [7, 11) is 0. The summed E-state index contributed by atoms with van der Waals surface area (Å²) >= 11 is 0. The topological polar surface area (TPSA) is 97.3 Å². The molecule has 3 aromatic rings. The maximum absolute atomic E-state index is 12.5. The number of nitrogens with zero attached hydrogens (tertiary/aromatic N) is 2. The second-order valence-corrected chi connectivity index (χ2v) is 6.61. The Kier molecular flexibility index (Phi) is 6.15. The maximum atomic E-state index is 12.5. The Morgan fingerprint density at radius 1 is 1.21 bits per heavy atom. The standard InChI is InChI=1S/C22H21N3O4/c1-15(17-8-4-3-5-9-17)13-24-19(26)14-28-22(27)20-16(2)29-21(18(20)12-23)25-10-6-7-11-25/h3-11,15H,13-14H2,1-2H3,(H,24,26)/t15-/m1/s1. The van der Waals surface area contributed by atoms with Gasteiger partial charge < -0.3 is 14.5 Å². The second-order valence-electron chi connectivity index (χ2n) is 6.61. The fourth-order valence-corrected chi connectivity index (χ4v) is 2.95. The Morgan fingerprint density at radius 3 is 2.55 bits per heavy atom. The molecule has 1 amide bonds. The van der Waals surface area contributed by atoms with E-state index >= 15 is 0 Å². The van der Waals surface area contributed by atoms with Crippen molar-refractivity contribution in [2.24, 2.45) is 0 Å². The van der Waals surface area contributed by atoms with E-state index in [1.807, 2.05) is 43.3 Å². The first kappa shape index (κ1) is 20.0. The van der Waals surface area contributed by atoms with E-state index in [-0.39, 0.29) is 28.7 Å². The molecule has 0 aliphatic heterocycles. The molecule has 2 heterocycles. The molecular formula is C22H21N3O4. The number of hydrogen-bond acceptors (Lipinski definition) is 5. The quantitative estimate of drug-likeness (QED) is 0.623. The van der Waals surface area contributed by atoms with Gasteiger partial charge in [0.2, 0.25) is 5.88 Å². The lowest BCUT2D eigenvalue weighted by Crippen LogP contribution is -2.31. The first-order chi connectivity index (χ1) is 14.0. The summed E-state index contributed by atoms with van der Waals surface area (Å²) in [6.07, 6.45) is 3.41. The molecule has 1 N–H and O–H groups in total. The van der Waals surface area contributed by atoms with Crippen molar-refractivity contribution >= 4 is 11.9 Å². The van der Waals surface area contributed by atoms with Crippen molar-refractivity contribution in [3.63, 3.8) is 0 Å². The summed E-state index contributed by atoms with van der Waals surface area (Å²) in [5, 5.41) is 12.2. The molecule has 0 saturated carbocycles. The van der Waals surface area contributed by atoms with Crippen LogP contribution in [-0.2, 0) is 9.53 Å². The normalized spacial score (nSPS) is 11.5. The van der Waals surface area contributed by atoms with Crippen LogP contribution in [0.2, 0.25) is 0 Å². The Labute approximate surface area is 168 Å². The molecule has 0 saturated heterocycles. The van der Waals surface area contributed by atoms with Crippen molar-refractivity contribution in [3.8, 4) is 12.0 Å². The van der Waals surface area contributed by atoms with Crippen molar-refractivity contribution in [1.82, 2.24) is 9.88 Å². The third-order valence-corrected chi connectivity index (χ3v) is 4.53. The number of carbonyl (C=O) groups is 2. The number of nitrogens with one attached hydrogen (secondary N) is 1. The first-order valence-electron chi connectivity index (χ1n) is 9.16.